The fourth-order valence-corrected chi connectivity index (χ4v) is 3.51. The molecule has 0 aliphatic rings. The number of phenolic OH excluding ortho intramolecular Hbond substituents is 1. The van der Waals surface area contributed by atoms with Gasteiger partial charge in [0.15, 0.2) is 0 Å². The molecule has 2 atom stereocenters. The number of carbonyl (C=O) groups excluding carboxylic acids is 1. The molecule has 0 fully saturated rings. The Morgan fingerprint density at radius 1 is 1.24 bits per heavy atom. The van der Waals surface area contributed by atoms with Crippen LogP contribution >= 0.6 is 38.5 Å². The highest BCUT2D eigenvalue weighted by Crippen LogP contribution is 2.36. The largest absolute Gasteiger partial charge is 0.508 e. The Morgan fingerprint density at radius 2 is 1.93 bits per heavy atom. The minimum absolute atomic E-state index is 0.0415. The molecule has 0 aliphatic carbocycles. The lowest BCUT2D eigenvalue weighted by Crippen LogP contribution is -2.22. The van der Waals surface area contributed by atoms with Gasteiger partial charge >= 0.3 is 12.1 Å². The van der Waals surface area contributed by atoms with Crippen LogP contribution in [0.25, 0.3) is 0 Å². The van der Waals surface area contributed by atoms with Crippen LogP contribution in [0, 0.1) is 9.49 Å². The van der Waals surface area contributed by atoms with Crippen molar-refractivity contribution in [2.75, 3.05) is 5.32 Å². The molecule has 2 aromatic carbocycles. The summed E-state index contributed by atoms with van der Waals surface area (Å²) in [4.78, 5) is 23.1. The second-order valence-electron chi connectivity index (χ2n) is 6.46. The van der Waals surface area contributed by atoms with Gasteiger partial charge in [-0.05, 0) is 83.8 Å². The van der Waals surface area contributed by atoms with Crippen LogP contribution in [-0.4, -0.2) is 22.3 Å². The van der Waals surface area contributed by atoms with E-state index in [1.165, 1.54) is 0 Å². The Morgan fingerprint density at radius 3 is 2.59 bits per heavy atom. The first-order chi connectivity index (χ1) is 13.8. The number of hydrogen-bond donors (Lipinski definition) is 3. The number of benzene rings is 2. The van der Waals surface area contributed by atoms with Crippen LogP contribution in [0.15, 0.2) is 59.1 Å². The zero-order valence-corrected chi connectivity index (χ0v) is 19.4. The molecule has 29 heavy (non-hydrogen) atoms. The van der Waals surface area contributed by atoms with E-state index in [0.29, 0.717) is 24.1 Å². The van der Waals surface area contributed by atoms with Gasteiger partial charge in [-0.15, -0.1) is 0 Å². The predicted molar refractivity (Wildman–Crippen MR) is 123 cm³/mol. The van der Waals surface area contributed by atoms with Crippen LogP contribution in [0.4, 0.5) is 10.5 Å². The molecule has 2 aromatic rings. The lowest BCUT2D eigenvalue weighted by molar-refractivity contribution is -0.131. The minimum Gasteiger partial charge on any atom is -0.508 e. The summed E-state index contributed by atoms with van der Waals surface area (Å²) in [5.41, 5.74) is 1.10. The summed E-state index contributed by atoms with van der Waals surface area (Å²) in [5, 5.41) is 21.7. The monoisotopic (exact) mass is 573 g/mol. The molecule has 1 amide bonds. The van der Waals surface area contributed by atoms with Crippen LogP contribution in [0.1, 0.15) is 31.4 Å². The van der Waals surface area contributed by atoms with Gasteiger partial charge in [0, 0.05) is 25.4 Å². The van der Waals surface area contributed by atoms with Crippen molar-refractivity contribution in [1.29, 1.82) is 0 Å². The number of ether oxygens (including phenoxy) is 1. The van der Waals surface area contributed by atoms with Crippen molar-refractivity contribution in [3.05, 3.63) is 68.2 Å². The number of carbonyl (C=O) groups is 2. The van der Waals surface area contributed by atoms with Crippen LogP contribution in [0.5, 0.6) is 5.75 Å². The summed E-state index contributed by atoms with van der Waals surface area (Å²) >= 11 is 5.47. The molecule has 0 bridgehead atoms. The third-order valence-electron chi connectivity index (χ3n) is 4.19. The molecular formula is C21H21BrINO5. The number of carboxylic acid groups (broad SMARTS) is 1. The van der Waals surface area contributed by atoms with Gasteiger partial charge in [0.1, 0.15) is 11.9 Å². The molecule has 0 aromatic heterocycles. The van der Waals surface area contributed by atoms with Crippen molar-refractivity contribution in [1.82, 2.24) is 0 Å². The van der Waals surface area contributed by atoms with Gasteiger partial charge in [-0.1, -0.05) is 28.9 Å². The SMILES string of the molecule is C[C@@H](CC/C=C/C(=O)O)[C@H](OC(=O)Nc1ccc(Br)cc1)c1cc(I)ccc1O. The highest BCUT2D eigenvalue weighted by molar-refractivity contribution is 14.1. The van der Waals surface area contributed by atoms with Crippen molar-refractivity contribution >= 4 is 56.3 Å². The number of anilines is 1. The molecule has 154 valence electrons. The van der Waals surface area contributed by atoms with Crippen LogP contribution < -0.4 is 5.32 Å². The first kappa shape index (κ1) is 23.2. The number of aromatic hydroxyl groups is 1. The van der Waals surface area contributed by atoms with Crippen LogP contribution in [0.2, 0.25) is 0 Å². The third kappa shape index (κ3) is 7.69. The summed E-state index contributed by atoms with van der Waals surface area (Å²) in [6.07, 6.45) is 2.40. The molecule has 8 heteroatoms. The highest BCUT2D eigenvalue weighted by atomic mass is 127. The maximum absolute atomic E-state index is 12.5. The Bertz CT molecular complexity index is 885. The number of phenols is 1. The van der Waals surface area contributed by atoms with E-state index in [2.05, 4.69) is 43.8 Å². The molecule has 2 rings (SSSR count). The molecule has 0 spiro atoms. The van der Waals surface area contributed by atoms with Crippen molar-refractivity contribution < 1.29 is 24.5 Å². The standard InChI is InChI=1S/C21H21BrINO5/c1-13(4-2-3-5-19(26)27)20(17-12-15(23)8-11-18(17)25)29-21(28)24-16-9-6-14(22)7-10-16/h3,5-13,20,25H,2,4H2,1H3,(H,24,28)(H,26,27)/b5-3+/t13-,20-/m0/s1. The first-order valence-corrected chi connectivity index (χ1v) is 10.7. The molecule has 0 saturated heterocycles. The molecule has 0 unspecified atom stereocenters. The fourth-order valence-electron chi connectivity index (χ4n) is 2.73. The number of allylic oxidation sites excluding steroid dienone is 1. The highest BCUT2D eigenvalue weighted by Gasteiger charge is 2.26. The summed E-state index contributed by atoms with van der Waals surface area (Å²) < 4.78 is 7.47. The van der Waals surface area contributed by atoms with E-state index in [9.17, 15) is 14.7 Å². The number of hydrogen-bond acceptors (Lipinski definition) is 4. The van der Waals surface area contributed by atoms with E-state index in [0.717, 1.165) is 14.1 Å². The van der Waals surface area contributed by atoms with Gasteiger partial charge in [-0.25, -0.2) is 9.59 Å². The van der Waals surface area contributed by atoms with Crippen molar-refractivity contribution in [2.24, 2.45) is 5.92 Å². The zero-order chi connectivity index (χ0) is 21.4. The van der Waals surface area contributed by atoms with Gasteiger partial charge in [-0.2, -0.15) is 0 Å². The second kappa shape index (κ2) is 11.2. The zero-order valence-electron chi connectivity index (χ0n) is 15.6. The molecule has 0 heterocycles. The fraction of sp³-hybridized carbons (Fsp3) is 0.238. The van der Waals surface area contributed by atoms with Crippen LogP contribution in [0.3, 0.4) is 0 Å². The van der Waals surface area contributed by atoms with E-state index >= 15 is 0 Å². The van der Waals surface area contributed by atoms with Crippen LogP contribution in [-0.2, 0) is 9.53 Å². The Balaban J connectivity index is 2.17. The summed E-state index contributed by atoms with van der Waals surface area (Å²) in [5.74, 6) is -1.12. The number of carboxylic acids is 1. The van der Waals surface area contributed by atoms with E-state index in [1.807, 2.05) is 6.92 Å². The third-order valence-corrected chi connectivity index (χ3v) is 5.39. The van der Waals surface area contributed by atoms with Crippen molar-refractivity contribution in [3.63, 3.8) is 0 Å². The molecule has 3 N–H and O–H groups in total. The predicted octanol–water partition coefficient (Wildman–Crippen LogP) is 6.11. The van der Waals surface area contributed by atoms with Gasteiger partial charge in [-0.3, -0.25) is 5.32 Å². The van der Waals surface area contributed by atoms with Gasteiger partial charge < -0.3 is 14.9 Å². The summed E-state index contributed by atoms with van der Waals surface area (Å²) in [7, 11) is 0. The van der Waals surface area contributed by atoms with E-state index < -0.39 is 18.2 Å². The maximum atomic E-state index is 12.5. The Labute approximate surface area is 191 Å². The normalized spacial score (nSPS) is 13.1. The lowest BCUT2D eigenvalue weighted by Gasteiger charge is -2.25. The average molecular weight is 574 g/mol. The lowest BCUT2D eigenvalue weighted by atomic mass is 9.92. The average Bonchev–Trinajstić information content (AvgIpc) is 2.67. The van der Waals surface area contributed by atoms with Gasteiger partial charge in [0.2, 0.25) is 0 Å². The molecule has 6 nitrogen and oxygen atoms in total. The van der Waals surface area contributed by atoms with E-state index in [-0.39, 0.29) is 11.7 Å². The molecule has 0 aliphatic heterocycles. The smallest absolute Gasteiger partial charge is 0.412 e. The van der Waals surface area contributed by atoms with E-state index in [1.54, 1.807) is 48.5 Å². The molecular weight excluding hydrogens is 553 g/mol. The summed E-state index contributed by atoms with van der Waals surface area (Å²) in [6, 6.07) is 12.2. The van der Waals surface area contributed by atoms with Crippen molar-refractivity contribution in [2.45, 2.75) is 25.9 Å². The number of aliphatic carboxylic acids is 1. The number of amides is 1. The first-order valence-electron chi connectivity index (χ1n) is 8.87. The topological polar surface area (TPSA) is 95.9 Å². The summed E-state index contributed by atoms with van der Waals surface area (Å²) in [6.45, 7) is 1.89. The Hall–Kier alpha value is -2.07. The molecule has 0 saturated carbocycles. The number of rotatable bonds is 8. The van der Waals surface area contributed by atoms with E-state index in [4.69, 9.17) is 9.84 Å². The van der Waals surface area contributed by atoms with Gasteiger partial charge in [0.25, 0.3) is 0 Å². The number of halogens is 2. The Kier molecular flexibility index (Phi) is 8.97. The number of nitrogens with one attached hydrogen (secondary N) is 1. The maximum Gasteiger partial charge on any atom is 0.412 e. The minimum atomic E-state index is -1.01. The molecule has 0 radical (unpaired) electrons. The van der Waals surface area contributed by atoms with Gasteiger partial charge in [0.05, 0.1) is 0 Å². The second-order valence-corrected chi connectivity index (χ2v) is 8.62. The van der Waals surface area contributed by atoms with Crippen molar-refractivity contribution in [3.8, 4) is 5.75 Å². The quantitative estimate of drug-likeness (QED) is 0.262.